The third kappa shape index (κ3) is 5.59. The molecule has 2 atom stereocenters. The minimum atomic E-state index is -2.93. The van der Waals surface area contributed by atoms with Crippen molar-refractivity contribution in [3.05, 3.63) is 42.4 Å². The summed E-state index contributed by atoms with van der Waals surface area (Å²) in [6, 6.07) is 1.74. The topological polar surface area (TPSA) is 65.3 Å². The number of ether oxygens (including phenoxy) is 1. The lowest BCUT2D eigenvalue weighted by Gasteiger charge is -2.39. The Hall–Kier alpha value is -2.07. The molecule has 2 aliphatic heterocycles. The van der Waals surface area contributed by atoms with E-state index in [1.807, 2.05) is 18.7 Å². The number of piperidine rings is 1. The summed E-state index contributed by atoms with van der Waals surface area (Å²) in [5, 5.41) is 13.6. The van der Waals surface area contributed by atoms with Crippen LogP contribution in [0.4, 0.5) is 14.5 Å². The molecule has 2 fully saturated rings. The third-order valence-electron chi connectivity index (χ3n) is 6.90. The zero-order valence-electron chi connectivity index (χ0n) is 20.4. The van der Waals surface area contributed by atoms with E-state index in [4.69, 9.17) is 4.74 Å². The van der Waals surface area contributed by atoms with Gasteiger partial charge < -0.3 is 24.5 Å². The number of alkyl halides is 2. The first-order valence-corrected chi connectivity index (χ1v) is 12.2. The van der Waals surface area contributed by atoms with Crippen LogP contribution in [-0.2, 0) is 10.7 Å². The summed E-state index contributed by atoms with van der Waals surface area (Å²) >= 11 is 0. The second kappa shape index (κ2) is 10.3. The molecular weight excluding hydrogens is 440 g/mol. The van der Waals surface area contributed by atoms with Gasteiger partial charge in [-0.15, -0.1) is 0 Å². The smallest absolute Gasteiger partial charge is 0.272 e. The van der Waals surface area contributed by atoms with Gasteiger partial charge in [0.25, 0.3) is 5.92 Å². The maximum atomic E-state index is 14.2. The van der Waals surface area contributed by atoms with E-state index in [0.717, 1.165) is 45.1 Å². The largest absolute Gasteiger partial charge is 0.379 e. The predicted octanol–water partition coefficient (Wildman–Crippen LogP) is 3.65. The number of morpholine rings is 1. The number of fused-ring (bicyclic) bond motifs is 1. The Balaban J connectivity index is 1.40. The van der Waals surface area contributed by atoms with E-state index < -0.39 is 12.2 Å². The molecule has 1 unspecified atom stereocenters. The molecule has 2 aromatic rings. The number of aliphatic hydroxyl groups is 1. The summed E-state index contributed by atoms with van der Waals surface area (Å²) in [5.41, 5.74) is 2.26. The second-order valence-electron chi connectivity index (χ2n) is 9.92. The molecule has 0 amide bonds. The zero-order valence-corrected chi connectivity index (χ0v) is 20.4. The highest BCUT2D eigenvalue weighted by molar-refractivity contribution is 5.70. The van der Waals surface area contributed by atoms with Gasteiger partial charge in [-0.2, -0.15) is 0 Å². The lowest BCUT2D eigenvalue weighted by Crippen LogP contribution is -2.52. The van der Waals surface area contributed by atoms with Crippen molar-refractivity contribution in [1.29, 1.82) is 0 Å². The Morgan fingerprint density at radius 2 is 2.06 bits per heavy atom. The number of imidazole rings is 1. The van der Waals surface area contributed by atoms with Crippen molar-refractivity contribution in [2.75, 3.05) is 44.6 Å². The van der Waals surface area contributed by atoms with E-state index in [9.17, 15) is 13.9 Å². The highest BCUT2D eigenvalue weighted by atomic mass is 19.3. The van der Waals surface area contributed by atoms with Gasteiger partial charge in [0.15, 0.2) is 5.65 Å². The first-order valence-electron chi connectivity index (χ1n) is 12.2. The number of nitrogens with one attached hydrogen (secondary N) is 1. The van der Waals surface area contributed by atoms with Gasteiger partial charge in [-0.05, 0) is 30.9 Å². The maximum absolute atomic E-state index is 14.2. The molecule has 0 radical (unpaired) electrons. The third-order valence-corrected chi connectivity index (χ3v) is 6.90. The van der Waals surface area contributed by atoms with Crippen LogP contribution in [0.3, 0.4) is 0 Å². The minimum absolute atomic E-state index is 0.0134. The lowest BCUT2D eigenvalue weighted by molar-refractivity contribution is -0.0866. The molecule has 4 rings (SSSR count). The van der Waals surface area contributed by atoms with Gasteiger partial charge >= 0.3 is 0 Å². The molecule has 9 heteroatoms. The summed E-state index contributed by atoms with van der Waals surface area (Å²) in [5.74, 6) is -2.75. The summed E-state index contributed by atoms with van der Waals surface area (Å²) in [6.45, 7) is 13.3. The van der Waals surface area contributed by atoms with Crippen molar-refractivity contribution in [1.82, 2.24) is 19.2 Å². The van der Waals surface area contributed by atoms with Gasteiger partial charge in [0.05, 0.1) is 18.4 Å². The molecule has 34 heavy (non-hydrogen) atoms. The average molecular weight is 478 g/mol. The Morgan fingerprint density at radius 3 is 2.71 bits per heavy atom. The highest BCUT2D eigenvalue weighted by Gasteiger charge is 2.30. The number of aliphatic hydroxyl groups excluding tert-OH is 1. The molecule has 0 bridgehead atoms. The summed E-state index contributed by atoms with van der Waals surface area (Å²) < 4.78 is 36.2. The van der Waals surface area contributed by atoms with Crippen molar-refractivity contribution in [3.63, 3.8) is 0 Å². The predicted molar refractivity (Wildman–Crippen MR) is 129 cm³/mol. The molecule has 2 aromatic heterocycles. The van der Waals surface area contributed by atoms with Crippen molar-refractivity contribution in [2.24, 2.45) is 0 Å². The van der Waals surface area contributed by atoms with Crippen LogP contribution in [-0.4, -0.2) is 82.0 Å². The zero-order chi connectivity index (χ0) is 24.5. The van der Waals surface area contributed by atoms with Crippen LogP contribution >= 0.6 is 0 Å². The van der Waals surface area contributed by atoms with E-state index in [2.05, 4.69) is 21.8 Å². The highest BCUT2D eigenvalue weighted by Crippen LogP contribution is 2.33. The number of rotatable bonds is 8. The van der Waals surface area contributed by atoms with Gasteiger partial charge in [0, 0.05) is 69.3 Å². The first-order chi connectivity index (χ1) is 16.2. The molecule has 0 spiro atoms. The summed E-state index contributed by atoms with van der Waals surface area (Å²) in [7, 11) is 0. The van der Waals surface area contributed by atoms with E-state index in [1.54, 1.807) is 22.7 Å². The van der Waals surface area contributed by atoms with E-state index in [0.29, 0.717) is 31.0 Å². The fraction of sp³-hybridized carbons (Fsp3) is 0.640. The van der Waals surface area contributed by atoms with E-state index in [1.165, 1.54) is 6.20 Å². The number of likely N-dealkylation sites (tertiary alicyclic amines) is 1. The number of nitrogens with zero attached hydrogens (tertiary/aromatic N) is 4. The average Bonchev–Trinajstić information content (AvgIpc) is 3.24. The molecule has 2 aliphatic rings. The molecule has 7 nitrogen and oxygen atoms in total. The first kappa shape index (κ1) is 25.0. The number of anilines is 1. The molecule has 2 N–H and O–H groups in total. The molecule has 2 saturated heterocycles. The second-order valence-corrected chi connectivity index (χ2v) is 9.92. The Labute approximate surface area is 200 Å². The van der Waals surface area contributed by atoms with Crippen LogP contribution < -0.4 is 5.32 Å². The van der Waals surface area contributed by atoms with Crippen molar-refractivity contribution in [3.8, 4) is 0 Å². The molecule has 0 saturated carbocycles. The molecular formula is C25H37F2N5O2. The number of pyridine rings is 1. The van der Waals surface area contributed by atoms with Crippen molar-refractivity contribution in [2.45, 2.75) is 63.8 Å². The molecule has 188 valence electrons. The maximum Gasteiger partial charge on any atom is 0.272 e. The van der Waals surface area contributed by atoms with Gasteiger partial charge in [-0.1, -0.05) is 20.4 Å². The minimum Gasteiger partial charge on any atom is -0.379 e. The fourth-order valence-electron chi connectivity index (χ4n) is 4.89. The van der Waals surface area contributed by atoms with Gasteiger partial charge in [-0.25, -0.2) is 13.8 Å². The Morgan fingerprint density at radius 1 is 1.32 bits per heavy atom. The number of aromatic nitrogens is 2. The Kier molecular flexibility index (Phi) is 7.57. The van der Waals surface area contributed by atoms with E-state index >= 15 is 0 Å². The van der Waals surface area contributed by atoms with Crippen LogP contribution in [0.2, 0.25) is 0 Å². The summed E-state index contributed by atoms with van der Waals surface area (Å²) in [6.07, 6.45) is 6.07. The van der Waals surface area contributed by atoms with Gasteiger partial charge in [-0.3, -0.25) is 4.90 Å². The molecule has 0 aromatic carbocycles. The Bertz CT molecular complexity index is 982. The summed E-state index contributed by atoms with van der Waals surface area (Å²) in [4.78, 5) is 8.91. The van der Waals surface area contributed by atoms with Crippen LogP contribution in [0.25, 0.3) is 5.65 Å². The van der Waals surface area contributed by atoms with Gasteiger partial charge in [0.2, 0.25) is 0 Å². The standard InChI is InChI=1S/C25H37F2N5O2/c1-5-23(33)31-10-11-34-20(16-31)15-30-8-6-19(7-9-30)29-21-12-18(25(4,26)27)14-32-22(17(2)3)13-28-24(21)32/h5,12-14,17,19-20,23,29,33H,1,6-11,15-16H2,2-4H3/t20-,23?/m1/s1. The van der Waals surface area contributed by atoms with Crippen molar-refractivity contribution >= 4 is 11.3 Å². The van der Waals surface area contributed by atoms with Gasteiger partial charge in [0.1, 0.15) is 6.23 Å². The van der Waals surface area contributed by atoms with E-state index in [-0.39, 0.29) is 23.6 Å². The number of halogens is 2. The quantitative estimate of drug-likeness (QED) is 0.566. The van der Waals surface area contributed by atoms with Crippen LogP contribution in [0, 0.1) is 0 Å². The number of hydrogen-bond donors (Lipinski definition) is 2. The number of hydrogen-bond acceptors (Lipinski definition) is 6. The monoisotopic (exact) mass is 477 g/mol. The fourth-order valence-corrected chi connectivity index (χ4v) is 4.89. The van der Waals surface area contributed by atoms with Crippen LogP contribution in [0.5, 0.6) is 0 Å². The lowest BCUT2D eigenvalue weighted by atomic mass is 10.0. The SMILES string of the molecule is C=CC(O)N1CCO[C@H](CN2CCC(Nc3cc(C(C)(F)F)cn4c(C(C)C)cnc34)CC2)C1. The van der Waals surface area contributed by atoms with Crippen LogP contribution in [0.1, 0.15) is 50.8 Å². The molecule has 0 aliphatic carbocycles. The van der Waals surface area contributed by atoms with Crippen molar-refractivity contribution < 1.29 is 18.6 Å². The molecule has 4 heterocycles. The normalized spacial score (nSPS) is 22.4. The van der Waals surface area contributed by atoms with Crippen LogP contribution in [0.15, 0.2) is 31.1 Å².